The van der Waals surface area contributed by atoms with Crippen molar-refractivity contribution in [1.29, 1.82) is 0 Å². The Bertz CT molecular complexity index is 2880. The smallest absolute Gasteiger partial charge is 0.0616 e. The highest BCUT2D eigenvalue weighted by Crippen LogP contribution is 2.57. The van der Waals surface area contributed by atoms with Crippen molar-refractivity contribution in [3.05, 3.63) is 181 Å². The van der Waals surface area contributed by atoms with Gasteiger partial charge in [0.15, 0.2) is 0 Å². The zero-order valence-electron chi connectivity index (χ0n) is 28.1. The van der Waals surface area contributed by atoms with Gasteiger partial charge in [-0.25, -0.2) is 0 Å². The number of benzene rings is 8. The summed E-state index contributed by atoms with van der Waals surface area (Å²) < 4.78 is 2.52. The van der Waals surface area contributed by atoms with Crippen LogP contribution in [-0.4, -0.2) is 4.57 Å². The molecule has 0 saturated heterocycles. The van der Waals surface area contributed by atoms with Crippen LogP contribution in [0.4, 0.5) is 0 Å². The zero-order valence-corrected chi connectivity index (χ0v) is 28.1. The van der Waals surface area contributed by atoms with Crippen molar-refractivity contribution in [1.82, 2.24) is 4.57 Å². The van der Waals surface area contributed by atoms with Crippen LogP contribution in [0.2, 0.25) is 0 Å². The number of fused-ring (bicyclic) bond motifs is 8. The van der Waals surface area contributed by atoms with Gasteiger partial charge < -0.3 is 4.57 Å². The lowest BCUT2D eigenvalue weighted by Gasteiger charge is -2.21. The fourth-order valence-corrected chi connectivity index (χ4v) is 9.04. The van der Waals surface area contributed by atoms with E-state index in [1.165, 1.54) is 105 Å². The van der Waals surface area contributed by atoms with Crippen LogP contribution in [-0.2, 0) is 6.42 Å². The SMILES string of the molecule is C1=Cc2c(c3ccc4ccccc4c3n2-c2cccc(-c3cc(-c4ccccc4)c4c(c3-c3ccccc3)-c3cccc5cccc-4c35)c2)CC1. The number of hydrogen-bond donors (Lipinski definition) is 0. The average molecular weight is 648 g/mol. The molecule has 2 aliphatic rings. The molecule has 0 unspecified atom stereocenters. The van der Waals surface area contributed by atoms with E-state index in [4.69, 9.17) is 0 Å². The lowest BCUT2D eigenvalue weighted by molar-refractivity contribution is 0.968. The van der Waals surface area contributed by atoms with Crippen molar-refractivity contribution in [2.24, 2.45) is 0 Å². The van der Waals surface area contributed by atoms with Crippen LogP contribution in [0, 0.1) is 0 Å². The van der Waals surface area contributed by atoms with E-state index in [-0.39, 0.29) is 0 Å². The summed E-state index contributed by atoms with van der Waals surface area (Å²) in [5, 5.41) is 6.56. The molecule has 0 spiro atoms. The lowest BCUT2D eigenvalue weighted by atomic mass is 9.82. The van der Waals surface area contributed by atoms with Gasteiger partial charge in [0.05, 0.1) is 5.52 Å². The van der Waals surface area contributed by atoms with Crippen LogP contribution in [0.15, 0.2) is 170 Å². The summed E-state index contributed by atoms with van der Waals surface area (Å²) in [7, 11) is 0. The first-order valence-corrected chi connectivity index (χ1v) is 18.0. The summed E-state index contributed by atoms with van der Waals surface area (Å²) in [5.74, 6) is 0. The molecule has 8 aromatic carbocycles. The molecule has 11 rings (SSSR count). The Balaban J connectivity index is 1.25. The van der Waals surface area contributed by atoms with Crippen molar-refractivity contribution in [2.45, 2.75) is 12.8 Å². The van der Waals surface area contributed by atoms with Gasteiger partial charge in [-0.05, 0) is 114 Å². The van der Waals surface area contributed by atoms with E-state index in [0.717, 1.165) is 12.8 Å². The van der Waals surface area contributed by atoms with E-state index in [1.54, 1.807) is 0 Å². The van der Waals surface area contributed by atoms with Crippen LogP contribution in [0.3, 0.4) is 0 Å². The summed E-state index contributed by atoms with van der Waals surface area (Å²) in [5.41, 5.74) is 18.0. The number of aryl methyl sites for hydroxylation is 1. The normalized spacial score (nSPS) is 12.9. The first-order valence-electron chi connectivity index (χ1n) is 18.0. The van der Waals surface area contributed by atoms with E-state index in [0.29, 0.717) is 0 Å². The van der Waals surface area contributed by atoms with Crippen LogP contribution in [0.25, 0.3) is 99.8 Å². The summed E-state index contributed by atoms with van der Waals surface area (Å²) in [6, 6.07) is 60.8. The van der Waals surface area contributed by atoms with E-state index >= 15 is 0 Å². The number of hydrogen-bond acceptors (Lipinski definition) is 0. The van der Waals surface area contributed by atoms with Gasteiger partial charge in [0.2, 0.25) is 0 Å². The third kappa shape index (κ3) is 4.16. The molecule has 0 amide bonds. The van der Waals surface area contributed by atoms with Crippen LogP contribution in [0.5, 0.6) is 0 Å². The Morgan fingerprint density at radius 1 is 0.431 bits per heavy atom. The number of nitrogens with zero attached hydrogens (tertiary/aromatic N) is 1. The van der Waals surface area contributed by atoms with Crippen LogP contribution in [0.1, 0.15) is 17.7 Å². The van der Waals surface area contributed by atoms with Gasteiger partial charge in [0, 0.05) is 22.2 Å². The Morgan fingerprint density at radius 2 is 1.10 bits per heavy atom. The number of rotatable bonds is 4. The largest absolute Gasteiger partial charge is 0.309 e. The monoisotopic (exact) mass is 647 g/mol. The molecule has 0 N–H and O–H groups in total. The van der Waals surface area contributed by atoms with E-state index in [2.05, 4.69) is 181 Å². The molecule has 1 heterocycles. The minimum atomic E-state index is 1.06. The minimum absolute atomic E-state index is 1.06. The van der Waals surface area contributed by atoms with E-state index in [1.807, 2.05) is 0 Å². The molecule has 0 bridgehead atoms. The van der Waals surface area contributed by atoms with E-state index in [9.17, 15) is 0 Å². The molecule has 2 aliphatic carbocycles. The predicted octanol–water partition coefficient (Wildman–Crippen LogP) is 13.5. The van der Waals surface area contributed by atoms with Crippen molar-refractivity contribution in [2.75, 3.05) is 0 Å². The third-order valence-corrected chi connectivity index (χ3v) is 11.2. The second-order valence-corrected chi connectivity index (χ2v) is 13.9. The highest BCUT2D eigenvalue weighted by atomic mass is 15.0. The van der Waals surface area contributed by atoms with Gasteiger partial charge in [-0.2, -0.15) is 0 Å². The van der Waals surface area contributed by atoms with Gasteiger partial charge in [-0.15, -0.1) is 0 Å². The second kappa shape index (κ2) is 11.0. The molecule has 1 nitrogen and oxygen atoms in total. The number of allylic oxidation sites excluding steroid dienone is 1. The minimum Gasteiger partial charge on any atom is -0.309 e. The Labute approximate surface area is 297 Å². The molecule has 0 aliphatic heterocycles. The van der Waals surface area contributed by atoms with Crippen molar-refractivity contribution in [3.8, 4) is 61.3 Å². The molecular weight excluding hydrogens is 615 g/mol. The first-order chi connectivity index (χ1) is 25.3. The number of aromatic nitrogens is 1. The topological polar surface area (TPSA) is 4.93 Å². The average Bonchev–Trinajstić information content (AvgIpc) is 3.73. The maximum absolute atomic E-state index is 2.52. The molecule has 0 saturated carbocycles. The molecule has 0 fully saturated rings. The molecule has 51 heavy (non-hydrogen) atoms. The van der Waals surface area contributed by atoms with Crippen molar-refractivity contribution in [3.63, 3.8) is 0 Å². The fourth-order valence-electron chi connectivity index (χ4n) is 9.04. The van der Waals surface area contributed by atoms with Crippen molar-refractivity contribution >= 4 is 38.5 Å². The van der Waals surface area contributed by atoms with Gasteiger partial charge >= 0.3 is 0 Å². The molecule has 238 valence electrons. The maximum Gasteiger partial charge on any atom is 0.0616 e. The quantitative estimate of drug-likeness (QED) is 0.179. The highest BCUT2D eigenvalue weighted by molar-refractivity contribution is 6.22. The summed E-state index contributed by atoms with van der Waals surface area (Å²) in [6.45, 7) is 0. The molecule has 1 heteroatoms. The zero-order chi connectivity index (χ0) is 33.5. The van der Waals surface area contributed by atoms with Crippen LogP contribution < -0.4 is 0 Å². The lowest BCUT2D eigenvalue weighted by Crippen LogP contribution is -2.01. The van der Waals surface area contributed by atoms with Gasteiger partial charge in [-0.3, -0.25) is 0 Å². The van der Waals surface area contributed by atoms with Gasteiger partial charge in [0.25, 0.3) is 0 Å². The maximum atomic E-state index is 2.52. The van der Waals surface area contributed by atoms with Crippen molar-refractivity contribution < 1.29 is 0 Å². The third-order valence-electron chi connectivity index (χ3n) is 11.2. The molecule has 9 aromatic rings. The summed E-state index contributed by atoms with van der Waals surface area (Å²) >= 11 is 0. The molecule has 0 atom stereocenters. The second-order valence-electron chi connectivity index (χ2n) is 13.9. The fraction of sp³-hybridized carbons (Fsp3) is 0.0400. The Hall–Kier alpha value is -6.44. The summed E-state index contributed by atoms with van der Waals surface area (Å²) in [4.78, 5) is 0. The standard InChI is InChI=1S/C50H33N/c1-3-14-32(15-4-1)43-31-44(47(35-17-5-2-6-18-35)49-42-26-13-20-34-19-12-25-41(46(34)42)48(43)49)36-21-11-22-37(30-36)51-45-27-10-9-24-39(45)40-29-28-33-16-7-8-23-38(33)50(40)51/h1-8,10-23,25-31H,9,24H2. The predicted molar refractivity (Wildman–Crippen MR) is 216 cm³/mol. The highest BCUT2D eigenvalue weighted by Gasteiger charge is 2.30. The molecular formula is C50H33N. The molecule has 1 aromatic heterocycles. The van der Waals surface area contributed by atoms with Crippen LogP contribution >= 0.6 is 0 Å². The Kier molecular flexibility index (Phi) is 6.15. The van der Waals surface area contributed by atoms with E-state index < -0.39 is 0 Å². The molecule has 0 radical (unpaired) electrons. The van der Waals surface area contributed by atoms with Gasteiger partial charge in [-0.1, -0.05) is 152 Å². The van der Waals surface area contributed by atoms with Gasteiger partial charge in [0.1, 0.15) is 0 Å². The Morgan fingerprint density at radius 3 is 1.92 bits per heavy atom. The summed E-state index contributed by atoms with van der Waals surface area (Å²) in [6.07, 6.45) is 6.81. The first kappa shape index (κ1) is 28.4.